The minimum Gasteiger partial charge on any atom is -0.493 e. The number of aliphatic hydroxyl groups excluding tert-OH is 2. The summed E-state index contributed by atoms with van der Waals surface area (Å²) in [4.78, 5) is 11.4. The summed E-state index contributed by atoms with van der Waals surface area (Å²) >= 11 is 0. The lowest BCUT2D eigenvalue weighted by Gasteiger charge is -2.17. The molecule has 0 aliphatic rings. The van der Waals surface area contributed by atoms with E-state index < -0.39 is 12.2 Å². The van der Waals surface area contributed by atoms with Crippen LogP contribution in [0.1, 0.15) is 28.9 Å². The summed E-state index contributed by atoms with van der Waals surface area (Å²) in [6.07, 6.45) is -1.39. The summed E-state index contributed by atoms with van der Waals surface area (Å²) in [6.45, 7) is 2.15. The Morgan fingerprint density at radius 2 is 1.81 bits per heavy atom. The summed E-state index contributed by atoms with van der Waals surface area (Å²) in [5.41, 5.74) is 1.35. The molecule has 2 aromatic carbocycles. The molecule has 2 rings (SSSR count). The second-order valence-corrected chi connectivity index (χ2v) is 5.97. The van der Waals surface area contributed by atoms with E-state index >= 15 is 0 Å². The largest absolute Gasteiger partial charge is 0.493 e. The van der Waals surface area contributed by atoms with Crippen molar-refractivity contribution in [2.45, 2.75) is 19.1 Å². The zero-order chi connectivity index (χ0) is 18.9. The predicted molar refractivity (Wildman–Crippen MR) is 98.8 cm³/mol. The van der Waals surface area contributed by atoms with Crippen molar-refractivity contribution in [3.05, 3.63) is 59.7 Å². The van der Waals surface area contributed by atoms with Gasteiger partial charge in [-0.2, -0.15) is 0 Å². The topological polar surface area (TPSA) is 88.0 Å². The van der Waals surface area contributed by atoms with Gasteiger partial charge in [0.15, 0.2) is 17.3 Å². The van der Waals surface area contributed by atoms with Crippen LogP contribution in [-0.4, -0.2) is 48.9 Å². The van der Waals surface area contributed by atoms with E-state index in [1.807, 2.05) is 30.3 Å². The molecule has 0 fully saturated rings. The van der Waals surface area contributed by atoms with Gasteiger partial charge in [-0.05, 0) is 30.7 Å². The molecule has 6 heteroatoms. The summed E-state index contributed by atoms with van der Waals surface area (Å²) in [6, 6.07) is 14.2. The van der Waals surface area contributed by atoms with Crippen LogP contribution in [0.25, 0.3) is 0 Å². The van der Waals surface area contributed by atoms with Crippen LogP contribution in [0.3, 0.4) is 0 Å². The molecular formula is C20H25NO5. The molecule has 0 saturated heterocycles. The zero-order valence-corrected chi connectivity index (χ0v) is 15.0. The maximum absolute atomic E-state index is 11.4. The Kier molecular flexibility index (Phi) is 7.59. The maximum atomic E-state index is 11.4. The number of rotatable bonds is 10. The first-order valence-electron chi connectivity index (χ1n) is 8.44. The minimum absolute atomic E-state index is 0.0592. The van der Waals surface area contributed by atoms with Crippen LogP contribution in [0.15, 0.2) is 48.5 Å². The van der Waals surface area contributed by atoms with Crippen LogP contribution in [0, 0.1) is 0 Å². The van der Waals surface area contributed by atoms with Gasteiger partial charge in [0.2, 0.25) is 0 Å². The third kappa shape index (κ3) is 5.84. The standard InChI is InChI=1S/C20H25NO5/c1-14(22)16-8-9-19(20(10-16)25-2)26-13-17(23)11-21-12-18(24)15-6-4-3-5-7-15/h3-10,17-18,21,23-24H,11-13H2,1-2H3/t17-,18+/m1/s1. The average Bonchev–Trinajstić information content (AvgIpc) is 2.66. The molecule has 0 heterocycles. The molecule has 6 nitrogen and oxygen atoms in total. The van der Waals surface area contributed by atoms with E-state index in [1.165, 1.54) is 14.0 Å². The number of Topliss-reactive ketones (excluding diaryl/α,β-unsaturated/α-hetero) is 1. The molecule has 0 saturated carbocycles. The van der Waals surface area contributed by atoms with E-state index in [0.29, 0.717) is 23.6 Å². The number of carbonyl (C=O) groups is 1. The summed E-state index contributed by atoms with van der Waals surface area (Å²) in [5, 5.41) is 23.1. The van der Waals surface area contributed by atoms with Crippen LogP contribution >= 0.6 is 0 Å². The molecule has 0 aromatic heterocycles. The fourth-order valence-electron chi connectivity index (χ4n) is 2.43. The number of aliphatic hydroxyl groups is 2. The van der Waals surface area contributed by atoms with E-state index in [4.69, 9.17) is 9.47 Å². The summed E-state index contributed by atoms with van der Waals surface area (Å²) in [7, 11) is 1.50. The van der Waals surface area contributed by atoms with E-state index in [0.717, 1.165) is 5.56 Å². The zero-order valence-electron chi connectivity index (χ0n) is 15.0. The number of benzene rings is 2. The van der Waals surface area contributed by atoms with Crippen molar-refractivity contribution in [2.24, 2.45) is 0 Å². The molecule has 26 heavy (non-hydrogen) atoms. The van der Waals surface area contributed by atoms with Crippen LogP contribution in [0.5, 0.6) is 11.5 Å². The van der Waals surface area contributed by atoms with Crippen molar-refractivity contribution in [3.8, 4) is 11.5 Å². The molecule has 3 N–H and O–H groups in total. The average molecular weight is 359 g/mol. The number of nitrogens with one attached hydrogen (secondary N) is 1. The van der Waals surface area contributed by atoms with Crippen molar-refractivity contribution >= 4 is 5.78 Å². The van der Waals surface area contributed by atoms with Crippen molar-refractivity contribution in [1.82, 2.24) is 5.32 Å². The van der Waals surface area contributed by atoms with Gasteiger partial charge in [0.25, 0.3) is 0 Å². The van der Waals surface area contributed by atoms with Gasteiger partial charge in [0, 0.05) is 18.7 Å². The second-order valence-electron chi connectivity index (χ2n) is 5.97. The normalized spacial score (nSPS) is 13.1. The summed E-state index contributed by atoms with van der Waals surface area (Å²) in [5.74, 6) is 0.842. The van der Waals surface area contributed by atoms with Crippen molar-refractivity contribution in [3.63, 3.8) is 0 Å². The quantitative estimate of drug-likeness (QED) is 0.562. The minimum atomic E-state index is -0.754. The highest BCUT2D eigenvalue weighted by molar-refractivity contribution is 5.94. The van der Waals surface area contributed by atoms with Crippen LogP contribution in [-0.2, 0) is 0 Å². The van der Waals surface area contributed by atoms with Crippen LogP contribution in [0.2, 0.25) is 0 Å². The third-order valence-electron chi connectivity index (χ3n) is 3.90. The monoisotopic (exact) mass is 359 g/mol. The van der Waals surface area contributed by atoms with Gasteiger partial charge < -0.3 is 25.0 Å². The van der Waals surface area contributed by atoms with Crippen molar-refractivity contribution in [2.75, 3.05) is 26.8 Å². The smallest absolute Gasteiger partial charge is 0.161 e. The molecule has 0 unspecified atom stereocenters. The molecule has 0 aliphatic carbocycles. The van der Waals surface area contributed by atoms with E-state index in [9.17, 15) is 15.0 Å². The SMILES string of the molecule is COc1cc(C(C)=O)ccc1OC[C@H](O)CNC[C@H](O)c1ccccc1. The van der Waals surface area contributed by atoms with Gasteiger partial charge in [-0.1, -0.05) is 30.3 Å². The second kappa shape index (κ2) is 9.91. The Morgan fingerprint density at radius 3 is 2.46 bits per heavy atom. The molecular weight excluding hydrogens is 334 g/mol. The Labute approximate surface area is 153 Å². The van der Waals surface area contributed by atoms with Crippen LogP contribution in [0.4, 0.5) is 0 Å². The highest BCUT2D eigenvalue weighted by atomic mass is 16.5. The van der Waals surface area contributed by atoms with Gasteiger partial charge >= 0.3 is 0 Å². The van der Waals surface area contributed by atoms with Crippen LogP contribution < -0.4 is 14.8 Å². The van der Waals surface area contributed by atoms with Gasteiger partial charge in [-0.3, -0.25) is 4.79 Å². The van der Waals surface area contributed by atoms with E-state index in [-0.39, 0.29) is 18.9 Å². The third-order valence-corrected chi connectivity index (χ3v) is 3.90. The number of carbonyl (C=O) groups excluding carboxylic acids is 1. The summed E-state index contributed by atoms with van der Waals surface area (Å²) < 4.78 is 10.8. The molecule has 2 atom stereocenters. The number of ketones is 1. The highest BCUT2D eigenvalue weighted by Crippen LogP contribution is 2.28. The number of methoxy groups -OCH3 is 1. The van der Waals surface area contributed by atoms with Crippen molar-refractivity contribution in [1.29, 1.82) is 0 Å². The number of hydrogen-bond acceptors (Lipinski definition) is 6. The molecule has 2 aromatic rings. The maximum Gasteiger partial charge on any atom is 0.161 e. The Morgan fingerprint density at radius 1 is 1.08 bits per heavy atom. The Bertz CT molecular complexity index is 705. The first kappa shape index (κ1) is 19.9. The van der Waals surface area contributed by atoms with Gasteiger partial charge in [-0.15, -0.1) is 0 Å². The molecule has 0 amide bonds. The molecule has 0 radical (unpaired) electrons. The highest BCUT2D eigenvalue weighted by Gasteiger charge is 2.12. The van der Waals surface area contributed by atoms with Crippen molar-refractivity contribution < 1.29 is 24.5 Å². The fraction of sp³-hybridized carbons (Fsp3) is 0.350. The number of hydrogen-bond donors (Lipinski definition) is 3. The van der Waals surface area contributed by atoms with E-state index in [2.05, 4.69) is 5.32 Å². The lowest BCUT2D eigenvalue weighted by molar-refractivity contribution is 0.0977. The van der Waals surface area contributed by atoms with Gasteiger partial charge in [-0.25, -0.2) is 0 Å². The molecule has 0 bridgehead atoms. The van der Waals surface area contributed by atoms with Gasteiger partial charge in [0.05, 0.1) is 13.2 Å². The first-order chi connectivity index (χ1) is 12.5. The molecule has 140 valence electrons. The first-order valence-corrected chi connectivity index (χ1v) is 8.44. The van der Waals surface area contributed by atoms with E-state index in [1.54, 1.807) is 18.2 Å². The lowest BCUT2D eigenvalue weighted by atomic mass is 10.1. The fourth-order valence-corrected chi connectivity index (χ4v) is 2.43. The number of ether oxygens (including phenoxy) is 2. The molecule has 0 aliphatic heterocycles. The Balaban J connectivity index is 1.78. The Hall–Kier alpha value is -2.41. The lowest BCUT2D eigenvalue weighted by Crippen LogP contribution is -2.33. The predicted octanol–water partition coefficient (Wildman–Crippen LogP) is 1.96. The van der Waals surface area contributed by atoms with Gasteiger partial charge in [0.1, 0.15) is 12.7 Å². The molecule has 0 spiro atoms.